The number of halogens is 1. The van der Waals surface area contributed by atoms with Gasteiger partial charge in [-0.15, -0.1) is 0 Å². The van der Waals surface area contributed by atoms with Gasteiger partial charge < -0.3 is 4.90 Å². The van der Waals surface area contributed by atoms with Crippen LogP contribution >= 0.6 is 15.9 Å². The predicted octanol–water partition coefficient (Wildman–Crippen LogP) is 7.27. The lowest BCUT2D eigenvalue weighted by Crippen LogP contribution is -2.37. The maximum absolute atomic E-state index is 12.4. The first kappa shape index (κ1) is 24.7. The summed E-state index contributed by atoms with van der Waals surface area (Å²) in [5.74, 6) is 0.352. The number of hydrogen-bond donors (Lipinski definition) is 0. The van der Waals surface area contributed by atoms with Gasteiger partial charge in [0.25, 0.3) is 0 Å². The molecule has 0 aliphatic heterocycles. The Morgan fingerprint density at radius 1 is 0.880 bits per heavy atom. The lowest BCUT2D eigenvalue weighted by Gasteiger charge is -2.27. The van der Waals surface area contributed by atoms with E-state index < -0.39 is 0 Å². The zero-order valence-electron chi connectivity index (χ0n) is 17.1. The van der Waals surface area contributed by atoms with Gasteiger partial charge in [-0.2, -0.15) is 0 Å². The van der Waals surface area contributed by atoms with Crippen LogP contribution in [0.4, 0.5) is 0 Å². The Labute approximate surface area is 166 Å². The van der Waals surface area contributed by atoms with Crippen LogP contribution in [0.25, 0.3) is 0 Å². The van der Waals surface area contributed by atoms with E-state index in [0.717, 1.165) is 37.6 Å². The van der Waals surface area contributed by atoms with Crippen LogP contribution < -0.4 is 0 Å². The first-order chi connectivity index (χ1) is 12.1. The van der Waals surface area contributed by atoms with Crippen molar-refractivity contribution < 1.29 is 4.79 Å². The van der Waals surface area contributed by atoms with Crippen molar-refractivity contribution >= 4 is 21.8 Å². The summed E-state index contributed by atoms with van der Waals surface area (Å²) in [7, 11) is 0. The number of carbonyl (C=O) groups excluding carboxylic acids is 1. The van der Waals surface area contributed by atoms with Crippen molar-refractivity contribution in [3.63, 3.8) is 0 Å². The Hall–Kier alpha value is -0.310. The average molecular weight is 416 g/mol. The van der Waals surface area contributed by atoms with E-state index in [1.165, 1.54) is 57.8 Å². The van der Waals surface area contributed by atoms with Crippen molar-refractivity contribution in [2.75, 3.05) is 11.9 Å². The van der Waals surface area contributed by atoms with Gasteiger partial charge in [0, 0.05) is 24.3 Å². The SMILES string of the molecule is CCCCCCC(=O)N(CCCC/C=C\CCCCCCBr)C(C)C. The minimum absolute atomic E-state index is 0.328. The number of amides is 1. The van der Waals surface area contributed by atoms with Crippen molar-refractivity contribution in [3.8, 4) is 0 Å². The molecule has 148 valence electrons. The third-order valence-corrected chi connectivity index (χ3v) is 5.19. The molecule has 2 nitrogen and oxygen atoms in total. The van der Waals surface area contributed by atoms with Crippen LogP contribution in [0.1, 0.15) is 104 Å². The second-order valence-corrected chi connectivity index (χ2v) is 8.14. The van der Waals surface area contributed by atoms with Crippen LogP contribution in [-0.4, -0.2) is 28.7 Å². The van der Waals surface area contributed by atoms with Gasteiger partial charge in [0.05, 0.1) is 0 Å². The van der Waals surface area contributed by atoms with Crippen LogP contribution in [0.3, 0.4) is 0 Å². The number of rotatable bonds is 17. The second-order valence-electron chi connectivity index (χ2n) is 7.35. The molecule has 1 amide bonds. The molecule has 0 fully saturated rings. The molecule has 0 unspecified atom stereocenters. The van der Waals surface area contributed by atoms with Gasteiger partial charge in [0.1, 0.15) is 0 Å². The molecule has 0 atom stereocenters. The summed E-state index contributed by atoms with van der Waals surface area (Å²) in [5, 5.41) is 1.14. The molecule has 0 saturated carbocycles. The number of allylic oxidation sites excluding steroid dienone is 2. The van der Waals surface area contributed by atoms with Crippen molar-refractivity contribution in [2.24, 2.45) is 0 Å². The lowest BCUT2D eigenvalue weighted by atomic mass is 10.1. The molecule has 0 N–H and O–H groups in total. The zero-order valence-corrected chi connectivity index (χ0v) is 18.7. The van der Waals surface area contributed by atoms with Crippen LogP contribution in [0, 0.1) is 0 Å². The van der Waals surface area contributed by atoms with E-state index in [-0.39, 0.29) is 0 Å². The largest absolute Gasteiger partial charge is 0.340 e. The van der Waals surface area contributed by atoms with E-state index in [2.05, 4.69) is 53.8 Å². The van der Waals surface area contributed by atoms with Gasteiger partial charge in [0.15, 0.2) is 0 Å². The second kappa shape index (κ2) is 18.5. The molecule has 0 bridgehead atoms. The van der Waals surface area contributed by atoms with Gasteiger partial charge in [-0.25, -0.2) is 0 Å². The van der Waals surface area contributed by atoms with Gasteiger partial charge in [-0.3, -0.25) is 4.79 Å². The maximum atomic E-state index is 12.4. The molecule has 0 aromatic carbocycles. The topological polar surface area (TPSA) is 20.3 Å². The van der Waals surface area contributed by atoms with Crippen LogP contribution in [0.15, 0.2) is 12.2 Å². The van der Waals surface area contributed by atoms with E-state index in [1.807, 2.05) is 0 Å². The highest BCUT2D eigenvalue weighted by Crippen LogP contribution is 2.11. The molecule has 0 aromatic rings. The molecule has 0 spiro atoms. The molecule has 0 rings (SSSR count). The van der Waals surface area contributed by atoms with E-state index in [4.69, 9.17) is 0 Å². The first-order valence-electron chi connectivity index (χ1n) is 10.6. The Morgan fingerprint density at radius 2 is 1.48 bits per heavy atom. The van der Waals surface area contributed by atoms with E-state index in [9.17, 15) is 4.79 Å². The normalized spacial score (nSPS) is 11.6. The zero-order chi connectivity index (χ0) is 18.8. The summed E-state index contributed by atoms with van der Waals surface area (Å²) in [6, 6.07) is 0.328. The van der Waals surface area contributed by atoms with Crippen molar-refractivity contribution in [3.05, 3.63) is 12.2 Å². The molecule has 0 radical (unpaired) electrons. The molecule has 0 heterocycles. The summed E-state index contributed by atoms with van der Waals surface area (Å²) >= 11 is 3.48. The fourth-order valence-corrected chi connectivity index (χ4v) is 3.40. The van der Waals surface area contributed by atoms with Crippen LogP contribution in [0.5, 0.6) is 0 Å². The lowest BCUT2D eigenvalue weighted by molar-refractivity contribution is -0.133. The Balaban J connectivity index is 3.73. The number of nitrogens with zero attached hydrogens (tertiary/aromatic N) is 1. The Kier molecular flexibility index (Phi) is 18.3. The van der Waals surface area contributed by atoms with Gasteiger partial charge in [0.2, 0.25) is 5.91 Å². The fraction of sp³-hybridized carbons (Fsp3) is 0.864. The highest BCUT2D eigenvalue weighted by molar-refractivity contribution is 9.09. The number of carbonyl (C=O) groups is 1. The third kappa shape index (κ3) is 15.6. The smallest absolute Gasteiger partial charge is 0.222 e. The summed E-state index contributed by atoms with van der Waals surface area (Å²) in [5.41, 5.74) is 0. The summed E-state index contributed by atoms with van der Waals surface area (Å²) < 4.78 is 0. The summed E-state index contributed by atoms with van der Waals surface area (Å²) in [4.78, 5) is 14.5. The molecule has 0 aromatic heterocycles. The Morgan fingerprint density at radius 3 is 2.08 bits per heavy atom. The van der Waals surface area contributed by atoms with Gasteiger partial charge in [-0.05, 0) is 58.8 Å². The third-order valence-electron chi connectivity index (χ3n) is 4.63. The first-order valence-corrected chi connectivity index (χ1v) is 11.8. The molecule has 0 aliphatic carbocycles. The quantitative estimate of drug-likeness (QED) is 0.139. The number of hydrogen-bond acceptors (Lipinski definition) is 1. The monoisotopic (exact) mass is 415 g/mol. The highest BCUT2D eigenvalue weighted by atomic mass is 79.9. The van der Waals surface area contributed by atoms with Crippen LogP contribution in [-0.2, 0) is 4.79 Å². The van der Waals surface area contributed by atoms with E-state index >= 15 is 0 Å². The van der Waals surface area contributed by atoms with E-state index in [1.54, 1.807) is 0 Å². The van der Waals surface area contributed by atoms with Gasteiger partial charge >= 0.3 is 0 Å². The minimum Gasteiger partial charge on any atom is -0.340 e. The highest BCUT2D eigenvalue weighted by Gasteiger charge is 2.15. The molecular formula is C22H42BrNO. The van der Waals surface area contributed by atoms with E-state index in [0.29, 0.717) is 11.9 Å². The molecular weight excluding hydrogens is 374 g/mol. The van der Waals surface area contributed by atoms with Crippen molar-refractivity contribution in [2.45, 2.75) is 110 Å². The fourth-order valence-electron chi connectivity index (χ4n) is 3.01. The summed E-state index contributed by atoms with van der Waals surface area (Å²) in [6.45, 7) is 7.41. The van der Waals surface area contributed by atoms with Crippen molar-refractivity contribution in [1.82, 2.24) is 4.90 Å². The molecule has 0 aliphatic rings. The molecule has 25 heavy (non-hydrogen) atoms. The summed E-state index contributed by atoms with van der Waals surface area (Å²) in [6.07, 6.45) is 20.1. The van der Waals surface area contributed by atoms with Crippen molar-refractivity contribution in [1.29, 1.82) is 0 Å². The molecule has 0 saturated heterocycles. The van der Waals surface area contributed by atoms with Crippen LogP contribution in [0.2, 0.25) is 0 Å². The maximum Gasteiger partial charge on any atom is 0.222 e. The minimum atomic E-state index is 0.328. The number of unbranched alkanes of at least 4 members (excludes halogenated alkanes) is 9. The number of alkyl halides is 1. The molecule has 3 heteroatoms. The Bertz CT molecular complexity index is 328. The average Bonchev–Trinajstić information content (AvgIpc) is 2.59. The standard InChI is InChI=1S/C22H42BrNO/c1-4-5-6-15-18-22(25)24(21(2)3)20-17-14-12-10-8-7-9-11-13-16-19-23/h8,10,21H,4-7,9,11-20H2,1-3H3/b10-8-. The predicted molar refractivity (Wildman–Crippen MR) is 115 cm³/mol. The van der Waals surface area contributed by atoms with Gasteiger partial charge in [-0.1, -0.05) is 67.1 Å².